The SMILES string of the molecule is CCc1nc2cnc3ccccc3c2n1CCC(C)C.N[SH](=O)=O. The number of imidazole rings is 1. The van der Waals surface area contributed by atoms with Gasteiger partial charge in [-0.05, 0) is 18.4 Å². The molecule has 2 heterocycles. The first-order valence-electron chi connectivity index (χ1n) is 8.06. The van der Waals surface area contributed by atoms with Crippen LogP contribution in [-0.2, 0) is 23.9 Å². The number of thiol groups is 1. The first kappa shape index (κ1) is 18.4. The van der Waals surface area contributed by atoms with E-state index in [4.69, 9.17) is 13.4 Å². The highest BCUT2D eigenvalue weighted by Crippen LogP contribution is 2.25. The van der Waals surface area contributed by atoms with Gasteiger partial charge in [-0.15, -0.1) is 0 Å². The molecule has 1 aromatic carbocycles. The molecule has 0 aliphatic rings. The highest BCUT2D eigenvalue weighted by molar-refractivity contribution is 7.69. The standard InChI is InChI=1S/C17H21N3.H3NO2S/c1-4-16-19-15-11-18-14-8-6-5-7-13(14)17(15)20(16)10-9-12(2)3;1-4(2)3/h5-8,11-12H,4,9-10H2,1-3H3;4H,(H2,1,2,3). The van der Waals surface area contributed by atoms with E-state index in [1.54, 1.807) is 0 Å². The summed E-state index contributed by atoms with van der Waals surface area (Å²) in [7, 11) is -2.62. The van der Waals surface area contributed by atoms with Gasteiger partial charge in [0.25, 0.3) is 0 Å². The normalized spacial score (nSPS) is 11.2. The maximum atomic E-state index is 8.81. The minimum atomic E-state index is -2.62. The summed E-state index contributed by atoms with van der Waals surface area (Å²) in [6.45, 7) is 7.74. The smallest absolute Gasteiger partial charge is 0.198 e. The minimum Gasteiger partial charge on any atom is -0.327 e. The lowest BCUT2D eigenvalue weighted by Crippen LogP contribution is -2.05. The third-order valence-electron chi connectivity index (χ3n) is 3.80. The summed E-state index contributed by atoms with van der Waals surface area (Å²) in [5.41, 5.74) is 3.31. The third kappa shape index (κ3) is 4.30. The van der Waals surface area contributed by atoms with Crippen molar-refractivity contribution < 1.29 is 8.42 Å². The van der Waals surface area contributed by atoms with Crippen molar-refractivity contribution in [1.82, 2.24) is 14.5 Å². The first-order chi connectivity index (χ1) is 11.4. The van der Waals surface area contributed by atoms with E-state index in [0.717, 1.165) is 24.0 Å². The molecule has 0 fully saturated rings. The van der Waals surface area contributed by atoms with Crippen LogP contribution in [-0.4, -0.2) is 23.0 Å². The zero-order chi connectivity index (χ0) is 17.7. The predicted octanol–water partition coefficient (Wildman–Crippen LogP) is 2.66. The summed E-state index contributed by atoms with van der Waals surface area (Å²) in [5, 5.41) is 5.27. The summed E-state index contributed by atoms with van der Waals surface area (Å²) >= 11 is 0. The van der Waals surface area contributed by atoms with E-state index >= 15 is 0 Å². The molecule has 0 spiro atoms. The molecule has 0 radical (unpaired) electrons. The molecule has 3 rings (SSSR count). The second kappa shape index (κ2) is 8.21. The van der Waals surface area contributed by atoms with Crippen molar-refractivity contribution in [2.45, 2.75) is 40.2 Å². The van der Waals surface area contributed by atoms with Gasteiger partial charge in [0.2, 0.25) is 0 Å². The Morgan fingerprint density at radius 2 is 1.88 bits per heavy atom. The molecule has 130 valence electrons. The van der Waals surface area contributed by atoms with E-state index in [2.05, 4.69) is 53.7 Å². The van der Waals surface area contributed by atoms with E-state index in [1.165, 1.54) is 23.1 Å². The molecule has 6 nitrogen and oxygen atoms in total. The molecule has 24 heavy (non-hydrogen) atoms. The van der Waals surface area contributed by atoms with Gasteiger partial charge >= 0.3 is 0 Å². The first-order valence-corrected chi connectivity index (χ1v) is 9.30. The van der Waals surface area contributed by atoms with E-state index in [9.17, 15) is 0 Å². The van der Waals surface area contributed by atoms with Gasteiger partial charge in [-0.1, -0.05) is 39.0 Å². The monoisotopic (exact) mass is 348 g/mol. The number of benzene rings is 1. The molecular formula is C17H24N4O2S. The average Bonchev–Trinajstić information content (AvgIpc) is 2.90. The molecule has 2 N–H and O–H groups in total. The van der Waals surface area contributed by atoms with Crippen LogP contribution in [0.2, 0.25) is 0 Å². The minimum absolute atomic E-state index is 0.699. The Labute approximate surface area is 143 Å². The van der Waals surface area contributed by atoms with Crippen LogP contribution in [0.4, 0.5) is 0 Å². The Bertz CT molecular complexity index is 892. The number of pyridine rings is 1. The number of hydrogen-bond acceptors (Lipinski definition) is 4. The van der Waals surface area contributed by atoms with Crippen LogP contribution >= 0.6 is 0 Å². The number of fused-ring (bicyclic) bond motifs is 3. The second-order valence-corrected chi connectivity index (χ2v) is 6.58. The highest BCUT2D eigenvalue weighted by atomic mass is 32.2. The van der Waals surface area contributed by atoms with E-state index in [0.29, 0.717) is 5.92 Å². The van der Waals surface area contributed by atoms with Crippen LogP contribution in [0.5, 0.6) is 0 Å². The molecule has 0 aliphatic carbocycles. The molecule has 0 saturated heterocycles. The Hall–Kier alpha value is -1.99. The Balaban J connectivity index is 0.000000471. The van der Waals surface area contributed by atoms with Gasteiger partial charge in [0, 0.05) is 18.4 Å². The number of para-hydroxylation sites is 1. The largest absolute Gasteiger partial charge is 0.327 e. The number of hydrogen-bond donors (Lipinski definition) is 2. The van der Waals surface area contributed by atoms with Crippen LogP contribution in [0.25, 0.3) is 21.9 Å². The number of nitrogens with two attached hydrogens (primary N) is 1. The van der Waals surface area contributed by atoms with Crippen LogP contribution in [0, 0.1) is 5.92 Å². The summed E-state index contributed by atoms with van der Waals surface area (Å²) in [6, 6.07) is 8.34. The molecule has 0 unspecified atom stereocenters. The van der Waals surface area contributed by atoms with Gasteiger partial charge < -0.3 is 4.57 Å². The highest BCUT2D eigenvalue weighted by Gasteiger charge is 2.13. The van der Waals surface area contributed by atoms with E-state index < -0.39 is 10.9 Å². The maximum absolute atomic E-state index is 8.81. The van der Waals surface area contributed by atoms with Gasteiger partial charge in [0.15, 0.2) is 10.9 Å². The van der Waals surface area contributed by atoms with Gasteiger partial charge in [-0.3, -0.25) is 4.98 Å². The molecule has 3 aromatic rings. The molecule has 0 amide bonds. The van der Waals surface area contributed by atoms with Gasteiger partial charge in [-0.25, -0.2) is 18.5 Å². The Morgan fingerprint density at radius 3 is 2.50 bits per heavy atom. The molecule has 0 atom stereocenters. The summed E-state index contributed by atoms with van der Waals surface area (Å²) in [5.74, 6) is 1.86. The number of rotatable bonds is 4. The van der Waals surface area contributed by atoms with E-state index in [1.807, 2.05) is 12.3 Å². The average molecular weight is 348 g/mol. The lowest BCUT2D eigenvalue weighted by molar-refractivity contribution is 0.514. The zero-order valence-electron chi connectivity index (χ0n) is 14.3. The number of aryl methyl sites for hydroxylation is 2. The predicted molar refractivity (Wildman–Crippen MR) is 98.4 cm³/mol. The molecular weight excluding hydrogens is 324 g/mol. The van der Waals surface area contributed by atoms with E-state index in [-0.39, 0.29) is 0 Å². The fourth-order valence-corrected chi connectivity index (χ4v) is 2.71. The summed E-state index contributed by atoms with van der Waals surface area (Å²) in [4.78, 5) is 9.28. The lowest BCUT2D eigenvalue weighted by atomic mass is 10.1. The van der Waals surface area contributed by atoms with Crippen molar-refractivity contribution in [1.29, 1.82) is 0 Å². The Kier molecular flexibility index (Phi) is 6.28. The van der Waals surface area contributed by atoms with Crippen molar-refractivity contribution in [3.05, 3.63) is 36.3 Å². The molecule has 0 saturated carbocycles. The lowest BCUT2D eigenvalue weighted by Gasteiger charge is -2.11. The van der Waals surface area contributed by atoms with Gasteiger partial charge in [0.05, 0.1) is 17.2 Å². The maximum Gasteiger partial charge on any atom is 0.198 e. The fourth-order valence-electron chi connectivity index (χ4n) is 2.71. The van der Waals surface area contributed by atoms with Crippen molar-refractivity contribution >= 4 is 32.8 Å². The topological polar surface area (TPSA) is 90.9 Å². The van der Waals surface area contributed by atoms with Crippen LogP contribution in [0.3, 0.4) is 0 Å². The van der Waals surface area contributed by atoms with Crippen LogP contribution in [0.15, 0.2) is 30.5 Å². The molecule has 7 heteroatoms. The van der Waals surface area contributed by atoms with Crippen molar-refractivity contribution in [3.8, 4) is 0 Å². The molecule has 0 bridgehead atoms. The van der Waals surface area contributed by atoms with Crippen molar-refractivity contribution in [3.63, 3.8) is 0 Å². The van der Waals surface area contributed by atoms with Crippen molar-refractivity contribution in [2.24, 2.45) is 11.1 Å². The summed E-state index contributed by atoms with van der Waals surface area (Å²) in [6.07, 6.45) is 4.04. The number of nitrogens with zero attached hydrogens (tertiary/aromatic N) is 3. The quantitative estimate of drug-likeness (QED) is 0.709. The van der Waals surface area contributed by atoms with Gasteiger partial charge in [-0.2, -0.15) is 0 Å². The fraction of sp³-hybridized carbons (Fsp3) is 0.412. The number of aromatic nitrogens is 3. The molecule has 2 aromatic heterocycles. The third-order valence-corrected chi connectivity index (χ3v) is 3.80. The molecule has 0 aliphatic heterocycles. The second-order valence-electron chi connectivity index (χ2n) is 6.01. The van der Waals surface area contributed by atoms with Crippen molar-refractivity contribution in [2.75, 3.05) is 0 Å². The van der Waals surface area contributed by atoms with Crippen LogP contribution < -0.4 is 5.14 Å². The zero-order valence-corrected chi connectivity index (χ0v) is 15.2. The van der Waals surface area contributed by atoms with Gasteiger partial charge in [0.1, 0.15) is 11.3 Å². The summed E-state index contributed by atoms with van der Waals surface area (Å²) < 4.78 is 20.0. The Morgan fingerprint density at radius 1 is 1.21 bits per heavy atom. The van der Waals surface area contributed by atoms with Crippen LogP contribution in [0.1, 0.15) is 33.0 Å².